The summed E-state index contributed by atoms with van der Waals surface area (Å²) in [7, 11) is 2.98. The Morgan fingerprint density at radius 1 is 1.25 bits per heavy atom. The number of likely N-dealkylation sites (N-methyl/N-ethyl adjacent to an activating group) is 1. The second-order valence-electron chi connectivity index (χ2n) is 4.52. The highest BCUT2D eigenvalue weighted by Crippen LogP contribution is 2.05. The Kier molecular flexibility index (Phi) is 6.73. The SMILES string of the molecule is COC(=O)CCN(C)C(=O)C(C)OCc1ccccc1. The standard InChI is InChI=1S/C15H21NO4/c1-12(20-11-13-7-5-4-6-8-13)15(18)16(2)10-9-14(17)19-3/h4-8,12H,9-11H2,1-3H3. The Morgan fingerprint density at radius 2 is 1.90 bits per heavy atom. The molecule has 0 aliphatic rings. The van der Waals surface area contributed by atoms with E-state index >= 15 is 0 Å². The predicted molar refractivity (Wildman–Crippen MR) is 75.0 cm³/mol. The lowest BCUT2D eigenvalue weighted by Gasteiger charge is -2.21. The van der Waals surface area contributed by atoms with Gasteiger partial charge in [-0.3, -0.25) is 9.59 Å². The number of ether oxygens (including phenoxy) is 2. The van der Waals surface area contributed by atoms with Gasteiger partial charge in [-0.25, -0.2) is 0 Å². The number of carbonyl (C=O) groups excluding carboxylic acids is 2. The van der Waals surface area contributed by atoms with Crippen molar-refractivity contribution in [2.24, 2.45) is 0 Å². The third kappa shape index (κ3) is 5.40. The van der Waals surface area contributed by atoms with Crippen LogP contribution in [0, 0.1) is 0 Å². The monoisotopic (exact) mass is 279 g/mol. The minimum Gasteiger partial charge on any atom is -0.469 e. The van der Waals surface area contributed by atoms with E-state index in [9.17, 15) is 9.59 Å². The Hall–Kier alpha value is -1.88. The second-order valence-corrected chi connectivity index (χ2v) is 4.52. The van der Waals surface area contributed by atoms with Gasteiger partial charge in [0.25, 0.3) is 5.91 Å². The summed E-state index contributed by atoms with van der Waals surface area (Å²) < 4.78 is 10.1. The van der Waals surface area contributed by atoms with Gasteiger partial charge in [0, 0.05) is 13.6 Å². The average molecular weight is 279 g/mol. The fourth-order valence-electron chi connectivity index (χ4n) is 1.65. The van der Waals surface area contributed by atoms with E-state index in [0.717, 1.165) is 5.56 Å². The third-order valence-electron chi connectivity index (χ3n) is 2.95. The molecule has 1 aromatic rings. The molecule has 1 rings (SSSR count). The Bertz CT molecular complexity index is 433. The number of nitrogens with zero attached hydrogens (tertiary/aromatic N) is 1. The van der Waals surface area contributed by atoms with E-state index in [1.165, 1.54) is 12.0 Å². The average Bonchev–Trinajstić information content (AvgIpc) is 2.49. The summed E-state index contributed by atoms with van der Waals surface area (Å²) in [6.07, 6.45) is -0.359. The van der Waals surface area contributed by atoms with Gasteiger partial charge in [-0.1, -0.05) is 30.3 Å². The van der Waals surface area contributed by atoms with Gasteiger partial charge in [-0.15, -0.1) is 0 Å². The summed E-state index contributed by atoms with van der Waals surface area (Å²) in [5.74, 6) is -0.479. The summed E-state index contributed by atoms with van der Waals surface area (Å²) in [6, 6.07) is 9.66. The molecule has 1 amide bonds. The van der Waals surface area contributed by atoms with Gasteiger partial charge >= 0.3 is 5.97 Å². The number of rotatable bonds is 7. The molecule has 0 aliphatic heterocycles. The largest absolute Gasteiger partial charge is 0.469 e. The number of esters is 1. The van der Waals surface area contributed by atoms with E-state index in [0.29, 0.717) is 13.2 Å². The highest BCUT2D eigenvalue weighted by atomic mass is 16.5. The van der Waals surface area contributed by atoms with Crippen LogP contribution in [0.5, 0.6) is 0 Å². The van der Waals surface area contributed by atoms with Crippen molar-refractivity contribution < 1.29 is 19.1 Å². The second kappa shape index (κ2) is 8.32. The Morgan fingerprint density at radius 3 is 2.50 bits per heavy atom. The zero-order valence-corrected chi connectivity index (χ0v) is 12.2. The molecule has 0 spiro atoms. The molecule has 1 unspecified atom stereocenters. The lowest BCUT2D eigenvalue weighted by Crippen LogP contribution is -2.37. The van der Waals surface area contributed by atoms with Crippen LogP contribution in [0.3, 0.4) is 0 Å². The van der Waals surface area contributed by atoms with Crippen molar-refractivity contribution in [2.75, 3.05) is 20.7 Å². The number of hydrogen-bond acceptors (Lipinski definition) is 4. The summed E-state index contributed by atoms with van der Waals surface area (Å²) in [5, 5.41) is 0. The fraction of sp³-hybridized carbons (Fsp3) is 0.467. The van der Waals surface area contributed by atoms with E-state index in [1.807, 2.05) is 30.3 Å². The van der Waals surface area contributed by atoms with Crippen LogP contribution in [0.2, 0.25) is 0 Å². The first kappa shape index (κ1) is 16.2. The fourth-order valence-corrected chi connectivity index (χ4v) is 1.65. The summed E-state index contributed by atoms with van der Waals surface area (Å²) >= 11 is 0. The highest BCUT2D eigenvalue weighted by Gasteiger charge is 2.18. The molecular formula is C15H21NO4. The van der Waals surface area contributed by atoms with Crippen molar-refractivity contribution in [3.63, 3.8) is 0 Å². The van der Waals surface area contributed by atoms with Crippen molar-refractivity contribution in [1.82, 2.24) is 4.90 Å². The zero-order chi connectivity index (χ0) is 15.0. The molecule has 0 aromatic heterocycles. The van der Waals surface area contributed by atoms with E-state index in [2.05, 4.69) is 4.74 Å². The number of hydrogen-bond donors (Lipinski definition) is 0. The Labute approximate surface area is 119 Å². The van der Waals surface area contributed by atoms with Crippen LogP contribution in [0.25, 0.3) is 0 Å². The van der Waals surface area contributed by atoms with Crippen molar-refractivity contribution in [2.45, 2.75) is 26.1 Å². The maximum Gasteiger partial charge on any atom is 0.307 e. The summed E-state index contributed by atoms with van der Waals surface area (Å²) in [6.45, 7) is 2.42. The van der Waals surface area contributed by atoms with E-state index in [4.69, 9.17) is 4.74 Å². The van der Waals surface area contributed by atoms with Crippen LogP contribution in [0.1, 0.15) is 18.9 Å². The summed E-state index contributed by atoms with van der Waals surface area (Å²) in [4.78, 5) is 24.5. The molecule has 5 nitrogen and oxygen atoms in total. The van der Waals surface area contributed by atoms with Crippen molar-refractivity contribution in [3.8, 4) is 0 Å². The molecule has 0 heterocycles. The molecule has 0 saturated carbocycles. The maximum atomic E-state index is 12.0. The van der Waals surface area contributed by atoms with Gasteiger partial charge in [0.05, 0.1) is 20.1 Å². The lowest BCUT2D eigenvalue weighted by atomic mass is 10.2. The van der Waals surface area contributed by atoms with Gasteiger partial charge in [-0.05, 0) is 12.5 Å². The molecule has 20 heavy (non-hydrogen) atoms. The molecule has 1 aromatic carbocycles. The molecule has 0 saturated heterocycles. The molecule has 0 radical (unpaired) electrons. The van der Waals surface area contributed by atoms with Crippen molar-refractivity contribution in [1.29, 1.82) is 0 Å². The van der Waals surface area contributed by atoms with Gasteiger partial charge in [0.1, 0.15) is 6.10 Å². The van der Waals surface area contributed by atoms with Crippen LogP contribution >= 0.6 is 0 Å². The molecule has 110 valence electrons. The maximum absolute atomic E-state index is 12.0. The minimum atomic E-state index is -0.544. The molecule has 5 heteroatoms. The van der Waals surface area contributed by atoms with Gasteiger partial charge in [0.2, 0.25) is 0 Å². The van der Waals surface area contributed by atoms with Crippen LogP contribution < -0.4 is 0 Å². The van der Waals surface area contributed by atoms with Crippen molar-refractivity contribution in [3.05, 3.63) is 35.9 Å². The first-order valence-corrected chi connectivity index (χ1v) is 6.52. The van der Waals surface area contributed by atoms with E-state index in [-0.39, 0.29) is 18.3 Å². The zero-order valence-electron chi connectivity index (χ0n) is 12.2. The molecule has 0 fully saturated rings. The third-order valence-corrected chi connectivity index (χ3v) is 2.95. The Balaban J connectivity index is 2.36. The number of amides is 1. The first-order chi connectivity index (χ1) is 9.54. The van der Waals surface area contributed by atoms with Crippen LogP contribution in [0.4, 0.5) is 0 Å². The lowest BCUT2D eigenvalue weighted by molar-refractivity contribution is -0.144. The number of methoxy groups -OCH3 is 1. The van der Waals surface area contributed by atoms with E-state index < -0.39 is 6.10 Å². The quantitative estimate of drug-likeness (QED) is 0.712. The molecule has 0 N–H and O–H groups in total. The molecule has 0 bridgehead atoms. The topological polar surface area (TPSA) is 55.8 Å². The normalized spacial score (nSPS) is 11.8. The first-order valence-electron chi connectivity index (χ1n) is 6.52. The predicted octanol–water partition coefficient (Wildman–Crippen LogP) is 1.61. The number of benzene rings is 1. The molecule has 0 aliphatic carbocycles. The molecule has 1 atom stereocenters. The summed E-state index contributed by atoms with van der Waals surface area (Å²) in [5.41, 5.74) is 1.02. The van der Waals surface area contributed by atoms with Crippen molar-refractivity contribution >= 4 is 11.9 Å². The van der Waals surface area contributed by atoms with E-state index in [1.54, 1.807) is 14.0 Å². The van der Waals surface area contributed by atoms with Gasteiger partial charge < -0.3 is 14.4 Å². The van der Waals surface area contributed by atoms with Crippen LogP contribution in [0.15, 0.2) is 30.3 Å². The van der Waals surface area contributed by atoms with Crippen LogP contribution in [-0.4, -0.2) is 43.6 Å². The minimum absolute atomic E-state index is 0.148. The van der Waals surface area contributed by atoms with Gasteiger partial charge in [0.15, 0.2) is 0 Å². The smallest absolute Gasteiger partial charge is 0.307 e. The highest BCUT2D eigenvalue weighted by molar-refractivity contribution is 5.80. The molecular weight excluding hydrogens is 258 g/mol. The van der Waals surface area contributed by atoms with Gasteiger partial charge in [-0.2, -0.15) is 0 Å². The van der Waals surface area contributed by atoms with Crippen LogP contribution in [-0.2, 0) is 25.7 Å². The number of carbonyl (C=O) groups is 2.